The lowest BCUT2D eigenvalue weighted by Crippen LogP contribution is -2.14. The summed E-state index contributed by atoms with van der Waals surface area (Å²) in [5.41, 5.74) is 8.22. The standard InChI is InChI=1S/C21H17Br/c1-21(2)17-11-5-3-9-16(17)20-15(10-7-12-18(20)21)14-8-4-6-13-19(14)22/h3-13H,1-2H3. The highest BCUT2D eigenvalue weighted by molar-refractivity contribution is 9.10. The molecule has 0 nitrogen and oxygen atoms in total. The van der Waals surface area contributed by atoms with Crippen molar-refractivity contribution >= 4 is 15.9 Å². The molecule has 0 unspecified atom stereocenters. The average molecular weight is 349 g/mol. The third-order valence-electron chi connectivity index (χ3n) is 4.77. The van der Waals surface area contributed by atoms with Crippen molar-refractivity contribution in [2.45, 2.75) is 19.3 Å². The van der Waals surface area contributed by atoms with Crippen LogP contribution in [0.4, 0.5) is 0 Å². The Bertz CT molecular complexity index is 875. The highest BCUT2D eigenvalue weighted by Crippen LogP contribution is 2.52. The molecule has 0 amide bonds. The van der Waals surface area contributed by atoms with Gasteiger partial charge in [0.1, 0.15) is 0 Å². The molecular formula is C21H17Br. The molecule has 0 heterocycles. The lowest BCUT2D eigenvalue weighted by Gasteiger charge is -2.21. The smallest absolute Gasteiger partial charge is 0.0253 e. The molecule has 108 valence electrons. The zero-order valence-corrected chi connectivity index (χ0v) is 14.3. The molecule has 0 spiro atoms. The molecule has 0 bridgehead atoms. The minimum absolute atomic E-state index is 0.0587. The molecule has 0 fully saturated rings. The summed E-state index contributed by atoms with van der Waals surface area (Å²) < 4.78 is 1.14. The van der Waals surface area contributed by atoms with Crippen LogP contribution in [-0.2, 0) is 5.41 Å². The summed E-state index contributed by atoms with van der Waals surface area (Å²) in [7, 11) is 0. The summed E-state index contributed by atoms with van der Waals surface area (Å²) in [4.78, 5) is 0. The van der Waals surface area contributed by atoms with Crippen molar-refractivity contribution in [2.75, 3.05) is 0 Å². The second-order valence-electron chi connectivity index (χ2n) is 6.38. The van der Waals surface area contributed by atoms with Gasteiger partial charge in [0.15, 0.2) is 0 Å². The maximum Gasteiger partial charge on any atom is 0.0253 e. The lowest BCUT2D eigenvalue weighted by atomic mass is 9.82. The van der Waals surface area contributed by atoms with Crippen LogP contribution in [0.5, 0.6) is 0 Å². The predicted octanol–water partition coefficient (Wildman–Crippen LogP) is 6.42. The van der Waals surface area contributed by atoms with Crippen LogP contribution in [0.1, 0.15) is 25.0 Å². The summed E-state index contributed by atoms with van der Waals surface area (Å²) in [6.45, 7) is 4.64. The lowest BCUT2D eigenvalue weighted by molar-refractivity contribution is 0.660. The van der Waals surface area contributed by atoms with Gasteiger partial charge in [0.05, 0.1) is 0 Å². The van der Waals surface area contributed by atoms with E-state index in [1.54, 1.807) is 0 Å². The Hall–Kier alpha value is -1.86. The molecule has 1 aliphatic carbocycles. The summed E-state index contributed by atoms with van der Waals surface area (Å²) in [5.74, 6) is 0. The molecule has 0 N–H and O–H groups in total. The molecule has 3 aromatic rings. The van der Waals surface area contributed by atoms with Crippen molar-refractivity contribution in [3.63, 3.8) is 0 Å². The molecule has 1 heteroatoms. The largest absolute Gasteiger partial charge is 0.0619 e. The fraction of sp³-hybridized carbons (Fsp3) is 0.143. The van der Waals surface area contributed by atoms with Crippen LogP contribution in [0.25, 0.3) is 22.3 Å². The molecule has 0 aliphatic heterocycles. The molecule has 1 aliphatic rings. The highest BCUT2D eigenvalue weighted by Gasteiger charge is 2.36. The van der Waals surface area contributed by atoms with Crippen LogP contribution in [0.3, 0.4) is 0 Å². The monoisotopic (exact) mass is 348 g/mol. The van der Waals surface area contributed by atoms with Gasteiger partial charge >= 0.3 is 0 Å². The molecule has 22 heavy (non-hydrogen) atoms. The van der Waals surface area contributed by atoms with Crippen molar-refractivity contribution < 1.29 is 0 Å². The van der Waals surface area contributed by atoms with E-state index in [9.17, 15) is 0 Å². The van der Waals surface area contributed by atoms with E-state index < -0.39 is 0 Å². The maximum absolute atomic E-state index is 3.71. The van der Waals surface area contributed by atoms with Gasteiger partial charge in [0.25, 0.3) is 0 Å². The summed E-state index contributed by atoms with van der Waals surface area (Å²) in [5, 5.41) is 0. The average Bonchev–Trinajstić information content (AvgIpc) is 2.77. The highest BCUT2D eigenvalue weighted by atomic mass is 79.9. The van der Waals surface area contributed by atoms with Crippen molar-refractivity contribution in [1.29, 1.82) is 0 Å². The van der Waals surface area contributed by atoms with E-state index in [1.165, 1.54) is 33.4 Å². The van der Waals surface area contributed by atoms with Gasteiger partial charge in [0, 0.05) is 9.89 Å². The normalized spacial score (nSPS) is 14.5. The molecule has 3 aromatic carbocycles. The number of benzene rings is 3. The van der Waals surface area contributed by atoms with Gasteiger partial charge in [-0.25, -0.2) is 0 Å². The molecule has 0 atom stereocenters. The second kappa shape index (κ2) is 4.82. The van der Waals surface area contributed by atoms with Gasteiger partial charge in [0.2, 0.25) is 0 Å². The fourth-order valence-corrected chi connectivity index (χ4v) is 4.16. The SMILES string of the molecule is CC1(C)c2ccccc2-c2c(-c3ccccc3Br)cccc21. The van der Waals surface area contributed by atoms with Crippen LogP contribution in [0.2, 0.25) is 0 Å². The third-order valence-corrected chi connectivity index (χ3v) is 5.46. The van der Waals surface area contributed by atoms with Gasteiger partial charge < -0.3 is 0 Å². The molecule has 0 saturated carbocycles. The zero-order chi connectivity index (χ0) is 15.3. The number of halogens is 1. The quantitative estimate of drug-likeness (QED) is 0.475. The topological polar surface area (TPSA) is 0 Å². The Labute approximate surface area is 140 Å². The minimum Gasteiger partial charge on any atom is -0.0619 e. The number of rotatable bonds is 1. The zero-order valence-electron chi connectivity index (χ0n) is 12.7. The molecule has 4 rings (SSSR count). The Balaban J connectivity index is 2.09. The molecule has 0 radical (unpaired) electrons. The van der Waals surface area contributed by atoms with Crippen molar-refractivity contribution in [1.82, 2.24) is 0 Å². The summed E-state index contributed by atoms with van der Waals surface area (Å²) in [6.07, 6.45) is 0. The Morgan fingerprint density at radius 2 is 1.23 bits per heavy atom. The fourth-order valence-electron chi connectivity index (χ4n) is 3.66. The first-order chi connectivity index (χ1) is 10.6. The van der Waals surface area contributed by atoms with Crippen LogP contribution in [0.15, 0.2) is 71.2 Å². The third kappa shape index (κ3) is 1.82. The Kier molecular flexibility index (Phi) is 3.02. The van der Waals surface area contributed by atoms with Gasteiger partial charge in [-0.05, 0) is 39.4 Å². The first kappa shape index (κ1) is 13.8. The minimum atomic E-state index is 0.0587. The van der Waals surface area contributed by atoms with Crippen molar-refractivity contribution in [3.8, 4) is 22.3 Å². The summed E-state index contributed by atoms with van der Waals surface area (Å²) >= 11 is 3.71. The molecule has 0 aromatic heterocycles. The summed E-state index contributed by atoms with van der Waals surface area (Å²) in [6, 6.07) is 24.0. The van der Waals surface area contributed by atoms with E-state index in [4.69, 9.17) is 0 Å². The van der Waals surface area contributed by atoms with Crippen LogP contribution in [0, 0.1) is 0 Å². The number of hydrogen-bond acceptors (Lipinski definition) is 0. The van der Waals surface area contributed by atoms with Crippen LogP contribution in [-0.4, -0.2) is 0 Å². The van der Waals surface area contributed by atoms with Crippen LogP contribution < -0.4 is 0 Å². The Morgan fingerprint density at radius 1 is 0.636 bits per heavy atom. The van der Waals surface area contributed by atoms with E-state index in [0.717, 1.165) is 4.47 Å². The van der Waals surface area contributed by atoms with E-state index in [1.807, 2.05) is 0 Å². The first-order valence-corrected chi connectivity index (χ1v) is 8.38. The number of hydrogen-bond donors (Lipinski definition) is 0. The number of fused-ring (bicyclic) bond motifs is 3. The van der Waals surface area contributed by atoms with Gasteiger partial charge in [-0.2, -0.15) is 0 Å². The molecular weight excluding hydrogens is 332 g/mol. The van der Waals surface area contributed by atoms with E-state index in [-0.39, 0.29) is 5.41 Å². The van der Waals surface area contributed by atoms with Crippen molar-refractivity contribution in [3.05, 3.63) is 82.3 Å². The van der Waals surface area contributed by atoms with Crippen molar-refractivity contribution in [2.24, 2.45) is 0 Å². The Morgan fingerprint density at radius 3 is 2.00 bits per heavy atom. The van der Waals surface area contributed by atoms with Crippen LogP contribution >= 0.6 is 15.9 Å². The van der Waals surface area contributed by atoms with E-state index >= 15 is 0 Å². The van der Waals surface area contributed by atoms with Gasteiger partial charge in [-0.15, -0.1) is 0 Å². The van der Waals surface area contributed by atoms with Gasteiger partial charge in [-0.3, -0.25) is 0 Å². The molecule has 0 saturated heterocycles. The first-order valence-electron chi connectivity index (χ1n) is 7.59. The van der Waals surface area contributed by atoms with E-state index in [2.05, 4.69) is 96.5 Å². The maximum atomic E-state index is 3.71. The predicted molar refractivity (Wildman–Crippen MR) is 97.1 cm³/mol. The van der Waals surface area contributed by atoms with E-state index in [0.29, 0.717) is 0 Å². The second-order valence-corrected chi connectivity index (χ2v) is 7.23. The van der Waals surface area contributed by atoms with Gasteiger partial charge in [-0.1, -0.05) is 90.4 Å².